The van der Waals surface area contributed by atoms with Crippen molar-refractivity contribution < 1.29 is 9.59 Å². The Kier molecular flexibility index (Phi) is 5.63. The molecule has 3 N–H and O–H groups in total. The van der Waals surface area contributed by atoms with Gasteiger partial charge in [0, 0.05) is 29.3 Å². The molecular formula is C18H24N4O2. The Labute approximate surface area is 142 Å². The molecule has 1 aromatic carbocycles. The first kappa shape index (κ1) is 17.6. The zero-order valence-electron chi connectivity index (χ0n) is 14.5. The molecule has 24 heavy (non-hydrogen) atoms. The molecule has 0 aliphatic carbocycles. The SMILES string of the molecule is CCNC(=O)NC(=O)[C@H](C)Nc1ccc(-n2c(C)ccc2C)cc1. The molecule has 6 nitrogen and oxygen atoms in total. The highest BCUT2D eigenvalue weighted by molar-refractivity contribution is 5.97. The van der Waals surface area contributed by atoms with Crippen LogP contribution in [0.5, 0.6) is 0 Å². The third kappa shape index (κ3) is 4.16. The van der Waals surface area contributed by atoms with Crippen molar-refractivity contribution >= 4 is 17.6 Å². The average molecular weight is 328 g/mol. The lowest BCUT2D eigenvalue weighted by molar-refractivity contribution is -0.120. The van der Waals surface area contributed by atoms with E-state index >= 15 is 0 Å². The predicted octanol–water partition coefficient (Wildman–Crippen LogP) is 2.74. The summed E-state index contributed by atoms with van der Waals surface area (Å²) in [6.45, 7) is 8.10. The van der Waals surface area contributed by atoms with E-state index in [9.17, 15) is 9.59 Å². The van der Waals surface area contributed by atoms with Gasteiger partial charge in [-0.25, -0.2) is 4.79 Å². The number of carbonyl (C=O) groups is 2. The number of anilines is 1. The van der Waals surface area contributed by atoms with E-state index in [-0.39, 0.29) is 5.91 Å². The highest BCUT2D eigenvalue weighted by Crippen LogP contribution is 2.19. The van der Waals surface area contributed by atoms with Gasteiger partial charge in [0.2, 0.25) is 5.91 Å². The Bertz CT molecular complexity index is 700. The van der Waals surface area contributed by atoms with Gasteiger partial charge in [-0.15, -0.1) is 0 Å². The van der Waals surface area contributed by atoms with Gasteiger partial charge in [-0.2, -0.15) is 0 Å². The van der Waals surface area contributed by atoms with Crippen molar-refractivity contribution in [2.45, 2.75) is 33.7 Å². The van der Waals surface area contributed by atoms with Gasteiger partial charge < -0.3 is 15.2 Å². The number of hydrogen-bond donors (Lipinski definition) is 3. The van der Waals surface area contributed by atoms with Crippen LogP contribution in [0, 0.1) is 13.8 Å². The molecule has 2 rings (SSSR count). The minimum absolute atomic E-state index is 0.373. The Hall–Kier alpha value is -2.76. The van der Waals surface area contributed by atoms with E-state index in [1.807, 2.05) is 24.3 Å². The van der Waals surface area contributed by atoms with Gasteiger partial charge in [0.25, 0.3) is 0 Å². The number of hydrogen-bond acceptors (Lipinski definition) is 3. The monoisotopic (exact) mass is 328 g/mol. The largest absolute Gasteiger partial charge is 0.374 e. The van der Waals surface area contributed by atoms with E-state index in [1.54, 1.807) is 13.8 Å². The van der Waals surface area contributed by atoms with Crippen molar-refractivity contribution in [2.24, 2.45) is 0 Å². The quantitative estimate of drug-likeness (QED) is 0.790. The summed E-state index contributed by atoms with van der Waals surface area (Å²) in [7, 11) is 0. The smallest absolute Gasteiger partial charge is 0.321 e. The van der Waals surface area contributed by atoms with Crippen LogP contribution >= 0.6 is 0 Å². The van der Waals surface area contributed by atoms with E-state index in [1.165, 1.54) is 11.4 Å². The summed E-state index contributed by atoms with van der Waals surface area (Å²) in [4.78, 5) is 23.3. The summed E-state index contributed by atoms with van der Waals surface area (Å²) in [5.41, 5.74) is 4.23. The first-order chi connectivity index (χ1) is 11.4. The van der Waals surface area contributed by atoms with Gasteiger partial charge in [0.05, 0.1) is 0 Å². The minimum Gasteiger partial charge on any atom is -0.374 e. The topological polar surface area (TPSA) is 75.2 Å². The molecule has 1 atom stereocenters. The number of nitrogens with one attached hydrogen (secondary N) is 3. The third-order valence-electron chi connectivity index (χ3n) is 3.75. The summed E-state index contributed by atoms with van der Waals surface area (Å²) in [6.07, 6.45) is 0. The molecule has 0 aliphatic rings. The molecule has 0 saturated heterocycles. The molecule has 2 aromatic rings. The zero-order chi connectivity index (χ0) is 17.7. The summed E-state index contributed by atoms with van der Waals surface area (Å²) >= 11 is 0. The predicted molar refractivity (Wildman–Crippen MR) is 95.5 cm³/mol. The lowest BCUT2D eigenvalue weighted by Gasteiger charge is -2.16. The number of benzene rings is 1. The number of imide groups is 1. The Balaban J connectivity index is 2.01. The maximum Gasteiger partial charge on any atom is 0.321 e. The van der Waals surface area contributed by atoms with Gasteiger partial charge in [-0.1, -0.05) is 0 Å². The molecule has 0 bridgehead atoms. The molecule has 0 spiro atoms. The molecule has 0 fully saturated rings. The Morgan fingerprint density at radius 3 is 2.17 bits per heavy atom. The summed E-state index contributed by atoms with van der Waals surface area (Å²) in [5, 5.41) is 7.91. The van der Waals surface area contributed by atoms with Gasteiger partial charge in [0.1, 0.15) is 6.04 Å². The first-order valence-electron chi connectivity index (χ1n) is 8.03. The number of amides is 3. The van der Waals surface area contributed by atoms with Crippen LogP contribution in [0.15, 0.2) is 36.4 Å². The molecular weight excluding hydrogens is 304 g/mol. The maximum absolute atomic E-state index is 11.9. The Morgan fingerprint density at radius 1 is 1.04 bits per heavy atom. The van der Waals surface area contributed by atoms with E-state index in [2.05, 4.69) is 46.5 Å². The van der Waals surface area contributed by atoms with Crippen LogP contribution < -0.4 is 16.0 Å². The van der Waals surface area contributed by atoms with Crippen LogP contribution in [0.4, 0.5) is 10.5 Å². The molecule has 0 unspecified atom stereocenters. The molecule has 0 radical (unpaired) electrons. The molecule has 3 amide bonds. The number of nitrogens with zero attached hydrogens (tertiary/aromatic N) is 1. The van der Waals surface area contributed by atoms with Crippen molar-refractivity contribution in [3.05, 3.63) is 47.8 Å². The third-order valence-corrected chi connectivity index (χ3v) is 3.75. The fourth-order valence-electron chi connectivity index (χ4n) is 2.52. The second kappa shape index (κ2) is 7.68. The number of rotatable bonds is 5. The van der Waals surface area contributed by atoms with Crippen molar-refractivity contribution in [1.82, 2.24) is 15.2 Å². The van der Waals surface area contributed by atoms with Crippen LogP contribution in [0.3, 0.4) is 0 Å². The average Bonchev–Trinajstić information content (AvgIpc) is 2.87. The zero-order valence-corrected chi connectivity index (χ0v) is 14.5. The van der Waals surface area contributed by atoms with Crippen LogP contribution in [-0.2, 0) is 4.79 Å². The van der Waals surface area contributed by atoms with E-state index in [4.69, 9.17) is 0 Å². The summed E-state index contributed by atoms with van der Waals surface area (Å²) in [6, 6.07) is 11.0. The van der Waals surface area contributed by atoms with Crippen molar-refractivity contribution in [2.75, 3.05) is 11.9 Å². The van der Waals surface area contributed by atoms with Crippen molar-refractivity contribution in [3.8, 4) is 5.69 Å². The lowest BCUT2D eigenvalue weighted by atomic mass is 10.2. The van der Waals surface area contributed by atoms with Gasteiger partial charge in [-0.3, -0.25) is 10.1 Å². The fraction of sp³-hybridized carbons (Fsp3) is 0.333. The van der Waals surface area contributed by atoms with E-state index in [0.717, 1.165) is 11.4 Å². The van der Waals surface area contributed by atoms with Gasteiger partial charge >= 0.3 is 6.03 Å². The second-order valence-electron chi connectivity index (χ2n) is 5.71. The van der Waals surface area contributed by atoms with Crippen LogP contribution in [0.1, 0.15) is 25.2 Å². The minimum atomic E-state index is -0.520. The van der Waals surface area contributed by atoms with Gasteiger partial charge in [-0.05, 0) is 64.1 Å². The Morgan fingerprint density at radius 2 is 1.62 bits per heavy atom. The molecule has 128 valence electrons. The fourth-order valence-corrected chi connectivity index (χ4v) is 2.52. The first-order valence-corrected chi connectivity index (χ1v) is 8.03. The van der Waals surface area contributed by atoms with Crippen LogP contribution in [-0.4, -0.2) is 29.1 Å². The molecule has 0 saturated carbocycles. The number of carbonyl (C=O) groups excluding carboxylic acids is 2. The maximum atomic E-state index is 11.9. The summed E-state index contributed by atoms with van der Waals surface area (Å²) < 4.78 is 2.16. The highest BCUT2D eigenvalue weighted by Gasteiger charge is 2.15. The normalized spacial score (nSPS) is 11.7. The molecule has 1 heterocycles. The number of urea groups is 1. The molecule has 1 aromatic heterocycles. The van der Waals surface area contributed by atoms with Crippen molar-refractivity contribution in [3.63, 3.8) is 0 Å². The van der Waals surface area contributed by atoms with Crippen molar-refractivity contribution in [1.29, 1.82) is 0 Å². The molecule has 0 aliphatic heterocycles. The molecule has 6 heteroatoms. The number of aryl methyl sites for hydroxylation is 2. The van der Waals surface area contributed by atoms with E-state index in [0.29, 0.717) is 6.54 Å². The highest BCUT2D eigenvalue weighted by atomic mass is 16.2. The summed E-state index contributed by atoms with van der Waals surface area (Å²) in [5.74, 6) is -0.373. The van der Waals surface area contributed by atoms with Gasteiger partial charge in [0.15, 0.2) is 0 Å². The van der Waals surface area contributed by atoms with Crippen LogP contribution in [0.2, 0.25) is 0 Å². The van der Waals surface area contributed by atoms with E-state index < -0.39 is 12.1 Å². The number of aromatic nitrogens is 1. The second-order valence-corrected chi connectivity index (χ2v) is 5.71. The van der Waals surface area contributed by atoms with Crippen LogP contribution in [0.25, 0.3) is 5.69 Å². The standard InChI is InChI=1S/C18H24N4O2/c1-5-19-18(24)21-17(23)14(4)20-15-8-10-16(11-9-15)22-12(2)6-7-13(22)3/h6-11,14,20H,5H2,1-4H3,(H2,19,21,23,24)/t14-/m0/s1. The lowest BCUT2D eigenvalue weighted by Crippen LogP contribution is -2.45.